The van der Waals surface area contributed by atoms with Gasteiger partial charge in [0.1, 0.15) is 5.75 Å². The van der Waals surface area contributed by atoms with Crippen LogP contribution in [-0.2, 0) is 17.8 Å². The summed E-state index contributed by atoms with van der Waals surface area (Å²) in [5.41, 5.74) is 3.66. The summed E-state index contributed by atoms with van der Waals surface area (Å²) in [5.74, 6) is 1.65. The average molecular weight is 406 g/mol. The summed E-state index contributed by atoms with van der Waals surface area (Å²) in [6.45, 7) is 2.26. The number of halogens is 1. The van der Waals surface area contributed by atoms with E-state index >= 15 is 0 Å². The monoisotopic (exact) mass is 405 g/mol. The van der Waals surface area contributed by atoms with Crippen molar-refractivity contribution in [2.75, 3.05) is 14.2 Å². The second-order valence-corrected chi connectivity index (χ2v) is 6.48. The number of hydrogen-bond acceptors (Lipinski definition) is 5. The van der Waals surface area contributed by atoms with Crippen molar-refractivity contribution in [1.82, 2.24) is 4.90 Å². The van der Waals surface area contributed by atoms with Crippen LogP contribution in [0.1, 0.15) is 29.7 Å². The average Bonchev–Trinajstić information content (AvgIpc) is 2.89. The Morgan fingerprint density at radius 3 is 2.56 bits per heavy atom. The Morgan fingerprint density at radius 2 is 1.96 bits per heavy atom. The summed E-state index contributed by atoms with van der Waals surface area (Å²) in [7, 11) is 3.75. The first-order valence-electron chi connectivity index (χ1n) is 7.98. The maximum Gasteiger partial charge on any atom is 0.308 e. The summed E-state index contributed by atoms with van der Waals surface area (Å²) < 4.78 is 15.7. The van der Waals surface area contributed by atoms with Crippen molar-refractivity contribution >= 4 is 22.2 Å². The molecule has 0 N–H and O–H groups in total. The molecule has 25 heavy (non-hydrogen) atoms. The number of methoxy groups -OCH3 is 1. The minimum Gasteiger partial charge on any atom is -0.493 e. The molecule has 5 nitrogen and oxygen atoms in total. The van der Waals surface area contributed by atoms with E-state index < -0.39 is 0 Å². The Hall–Kier alpha value is -2.05. The Morgan fingerprint density at radius 1 is 1.24 bits per heavy atom. The molecular formula is C19H20BrNO4. The van der Waals surface area contributed by atoms with E-state index in [1.54, 1.807) is 7.11 Å². The molecule has 0 bridgehead atoms. The minimum atomic E-state index is -0.312. The molecule has 1 aliphatic rings. The van der Waals surface area contributed by atoms with Gasteiger partial charge in [0, 0.05) is 19.5 Å². The van der Waals surface area contributed by atoms with E-state index in [9.17, 15) is 4.79 Å². The van der Waals surface area contributed by atoms with Crippen molar-refractivity contribution in [3.05, 3.63) is 53.1 Å². The van der Waals surface area contributed by atoms with Gasteiger partial charge >= 0.3 is 5.97 Å². The Kier molecular flexibility index (Phi) is 5.30. The number of hydrogen-bond donors (Lipinski definition) is 0. The van der Waals surface area contributed by atoms with Crippen LogP contribution in [0.5, 0.6) is 17.2 Å². The van der Waals surface area contributed by atoms with Gasteiger partial charge in [0.25, 0.3) is 0 Å². The summed E-state index contributed by atoms with van der Waals surface area (Å²) in [6, 6.07) is 12.0. The number of carbonyl (C=O) groups excluding carboxylic acids is 1. The molecule has 0 saturated heterocycles. The molecule has 3 rings (SSSR count). The van der Waals surface area contributed by atoms with Crippen molar-refractivity contribution in [3.63, 3.8) is 0 Å². The van der Waals surface area contributed by atoms with Crippen molar-refractivity contribution in [2.24, 2.45) is 0 Å². The highest BCUT2D eigenvalue weighted by atomic mass is 79.9. The predicted octanol–water partition coefficient (Wildman–Crippen LogP) is 4.04. The van der Waals surface area contributed by atoms with Gasteiger partial charge in [0.15, 0.2) is 27.8 Å². The third kappa shape index (κ3) is 3.80. The molecule has 0 radical (unpaired) electrons. The fourth-order valence-corrected chi connectivity index (χ4v) is 3.50. The van der Waals surface area contributed by atoms with Gasteiger partial charge in [-0.15, -0.1) is 0 Å². The van der Waals surface area contributed by atoms with Gasteiger partial charge in [-0.2, -0.15) is 0 Å². The Bertz CT molecular complexity index is 776. The van der Waals surface area contributed by atoms with E-state index in [2.05, 4.69) is 28.2 Å². The SMILES string of the molecule is COc1cc2c(cc1OBr)C(Cc1ccc(OC(C)=O)cc1)N(C)C2. The van der Waals surface area contributed by atoms with Gasteiger partial charge in [-0.05, 0) is 54.4 Å². The van der Waals surface area contributed by atoms with Gasteiger partial charge in [0.05, 0.1) is 7.11 Å². The second-order valence-electron chi connectivity index (χ2n) is 6.15. The van der Waals surface area contributed by atoms with Crippen LogP contribution in [0.3, 0.4) is 0 Å². The van der Waals surface area contributed by atoms with Crippen molar-refractivity contribution in [1.29, 1.82) is 0 Å². The zero-order valence-electron chi connectivity index (χ0n) is 14.4. The third-order valence-corrected chi connectivity index (χ3v) is 4.78. The van der Waals surface area contributed by atoms with Crippen LogP contribution in [0, 0.1) is 0 Å². The molecule has 132 valence electrons. The normalized spacial score (nSPS) is 16.4. The highest BCUT2D eigenvalue weighted by molar-refractivity contribution is 9.06. The highest BCUT2D eigenvalue weighted by Crippen LogP contribution is 2.41. The largest absolute Gasteiger partial charge is 0.493 e. The number of benzene rings is 2. The van der Waals surface area contributed by atoms with Gasteiger partial charge in [-0.1, -0.05) is 12.1 Å². The van der Waals surface area contributed by atoms with Crippen molar-refractivity contribution in [3.8, 4) is 17.2 Å². The van der Waals surface area contributed by atoms with Gasteiger partial charge < -0.3 is 13.3 Å². The minimum absolute atomic E-state index is 0.252. The number of rotatable bonds is 5. The molecule has 0 amide bonds. The molecular weight excluding hydrogens is 386 g/mol. The lowest BCUT2D eigenvalue weighted by Crippen LogP contribution is -2.18. The van der Waals surface area contributed by atoms with Gasteiger partial charge in [0.2, 0.25) is 0 Å². The second kappa shape index (κ2) is 7.45. The van der Waals surface area contributed by atoms with E-state index in [0.29, 0.717) is 11.5 Å². The molecule has 2 aromatic rings. The fraction of sp³-hybridized carbons (Fsp3) is 0.316. The molecule has 6 heteroatoms. The zero-order valence-corrected chi connectivity index (χ0v) is 16.0. The maximum absolute atomic E-state index is 11.0. The number of carbonyl (C=O) groups is 1. The van der Waals surface area contributed by atoms with E-state index in [1.807, 2.05) is 36.4 Å². The number of nitrogens with zero attached hydrogens (tertiary/aromatic N) is 1. The summed E-state index contributed by atoms with van der Waals surface area (Å²) >= 11 is 3.05. The Balaban J connectivity index is 1.83. The van der Waals surface area contributed by atoms with Crippen LogP contribution in [0.2, 0.25) is 0 Å². The lowest BCUT2D eigenvalue weighted by molar-refractivity contribution is -0.131. The van der Waals surface area contributed by atoms with E-state index in [4.69, 9.17) is 13.3 Å². The van der Waals surface area contributed by atoms with Crippen LogP contribution in [0.15, 0.2) is 36.4 Å². The third-order valence-electron chi connectivity index (χ3n) is 4.43. The van der Waals surface area contributed by atoms with Crippen LogP contribution in [-0.4, -0.2) is 25.0 Å². The molecule has 0 spiro atoms. The lowest BCUT2D eigenvalue weighted by Gasteiger charge is -2.21. The number of esters is 1. The fourth-order valence-electron chi connectivity index (χ4n) is 3.25. The maximum atomic E-state index is 11.0. The van der Waals surface area contributed by atoms with E-state index in [1.165, 1.54) is 23.6 Å². The molecule has 0 saturated carbocycles. The highest BCUT2D eigenvalue weighted by Gasteiger charge is 2.29. The molecule has 1 unspecified atom stereocenters. The quantitative estimate of drug-likeness (QED) is 0.554. The van der Waals surface area contributed by atoms with Crippen LogP contribution in [0.4, 0.5) is 0 Å². The van der Waals surface area contributed by atoms with Crippen LogP contribution >= 0.6 is 16.3 Å². The molecule has 0 fully saturated rings. The van der Waals surface area contributed by atoms with Crippen LogP contribution in [0.25, 0.3) is 0 Å². The van der Waals surface area contributed by atoms with E-state index in [0.717, 1.165) is 18.7 Å². The van der Waals surface area contributed by atoms with Crippen molar-refractivity contribution in [2.45, 2.75) is 25.9 Å². The Labute approximate surface area is 155 Å². The van der Waals surface area contributed by atoms with Crippen LogP contribution < -0.4 is 13.3 Å². The standard InChI is InChI=1S/C19H20BrNO4/c1-12(22)24-15-6-4-13(5-7-15)8-17-16-10-19(25-20)18(23-3)9-14(16)11-21(17)2/h4-7,9-10,17H,8,11H2,1-3H3. The first-order chi connectivity index (χ1) is 12.0. The number of likely N-dealkylation sites (N-methyl/N-ethyl adjacent to an activating group) is 1. The van der Waals surface area contributed by atoms with Gasteiger partial charge in [-0.3, -0.25) is 9.69 Å². The summed E-state index contributed by atoms with van der Waals surface area (Å²) in [6.07, 6.45) is 0.859. The van der Waals surface area contributed by atoms with Gasteiger partial charge in [-0.25, -0.2) is 0 Å². The van der Waals surface area contributed by atoms with E-state index in [-0.39, 0.29) is 12.0 Å². The molecule has 1 aliphatic heterocycles. The number of fused-ring (bicyclic) bond motifs is 1. The first-order valence-corrected chi connectivity index (χ1v) is 8.63. The number of ether oxygens (including phenoxy) is 2. The molecule has 2 aromatic carbocycles. The smallest absolute Gasteiger partial charge is 0.308 e. The zero-order chi connectivity index (χ0) is 18.0. The summed E-state index contributed by atoms with van der Waals surface area (Å²) in [5, 5.41) is 0. The lowest BCUT2D eigenvalue weighted by atomic mass is 9.97. The first kappa shape index (κ1) is 17.8. The topological polar surface area (TPSA) is 48.0 Å². The predicted molar refractivity (Wildman–Crippen MR) is 98.2 cm³/mol. The van der Waals surface area contributed by atoms with Crippen molar-refractivity contribution < 1.29 is 18.1 Å². The summed E-state index contributed by atoms with van der Waals surface area (Å²) in [4.78, 5) is 13.3. The molecule has 1 atom stereocenters. The molecule has 0 aromatic heterocycles. The molecule has 0 aliphatic carbocycles. The molecule has 1 heterocycles.